The van der Waals surface area contributed by atoms with E-state index >= 15 is 0 Å². The van der Waals surface area contributed by atoms with Gasteiger partial charge in [0.15, 0.2) is 0 Å². The van der Waals surface area contributed by atoms with Gasteiger partial charge in [-0.15, -0.1) is 0 Å². The van der Waals surface area contributed by atoms with E-state index < -0.39 is 11.9 Å². The Morgan fingerprint density at radius 1 is 1.33 bits per heavy atom. The monoisotopic (exact) mass is 305 g/mol. The Kier molecular flexibility index (Phi) is 5.17. The van der Waals surface area contributed by atoms with E-state index in [-0.39, 0.29) is 0 Å². The SMILES string of the molecule is CCOc1cccc(C(Cc2cccc(Cl)c2)C(=O)O)n1. The number of aliphatic carboxylic acids is 1. The zero-order valence-electron chi connectivity index (χ0n) is 11.6. The van der Waals surface area contributed by atoms with Gasteiger partial charge < -0.3 is 9.84 Å². The lowest BCUT2D eigenvalue weighted by atomic mass is 9.96. The average Bonchev–Trinajstić information content (AvgIpc) is 2.45. The standard InChI is InChI=1S/C16H16ClNO3/c1-2-21-15-8-4-7-14(18-15)13(16(19)20)10-11-5-3-6-12(17)9-11/h3-9,13H,2,10H2,1H3,(H,19,20). The summed E-state index contributed by atoms with van der Waals surface area (Å²) >= 11 is 5.94. The first-order chi connectivity index (χ1) is 10.1. The minimum atomic E-state index is -0.920. The third-order valence-corrected chi connectivity index (χ3v) is 3.26. The van der Waals surface area contributed by atoms with Crippen molar-refractivity contribution in [2.24, 2.45) is 0 Å². The molecule has 0 amide bonds. The van der Waals surface area contributed by atoms with Gasteiger partial charge in [-0.1, -0.05) is 29.8 Å². The molecular weight excluding hydrogens is 290 g/mol. The molecule has 1 N–H and O–H groups in total. The summed E-state index contributed by atoms with van der Waals surface area (Å²) in [7, 11) is 0. The van der Waals surface area contributed by atoms with Gasteiger partial charge in [-0.05, 0) is 37.1 Å². The third kappa shape index (κ3) is 4.20. The number of carboxylic acids is 1. The lowest BCUT2D eigenvalue weighted by molar-refractivity contribution is -0.138. The number of rotatable bonds is 6. The highest BCUT2D eigenvalue weighted by atomic mass is 35.5. The van der Waals surface area contributed by atoms with E-state index in [1.165, 1.54) is 0 Å². The molecule has 4 nitrogen and oxygen atoms in total. The summed E-state index contributed by atoms with van der Waals surface area (Å²) in [5.41, 5.74) is 1.34. The second-order valence-electron chi connectivity index (χ2n) is 4.56. The molecule has 0 radical (unpaired) electrons. The van der Waals surface area contributed by atoms with Crippen molar-refractivity contribution in [1.82, 2.24) is 4.98 Å². The van der Waals surface area contributed by atoms with Crippen molar-refractivity contribution in [2.45, 2.75) is 19.3 Å². The van der Waals surface area contributed by atoms with Gasteiger partial charge in [0.25, 0.3) is 0 Å². The van der Waals surface area contributed by atoms with E-state index in [2.05, 4.69) is 4.98 Å². The Morgan fingerprint density at radius 3 is 2.76 bits per heavy atom. The maximum absolute atomic E-state index is 11.5. The molecule has 21 heavy (non-hydrogen) atoms. The minimum absolute atomic E-state index is 0.332. The predicted octanol–water partition coefficient (Wildman–Crippen LogP) is 3.54. The first-order valence-electron chi connectivity index (χ1n) is 6.67. The summed E-state index contributed by atoms with van der Waals surface area (Å²) < 4.78 is 5.32. The molecule has 0 aliphatic heterocycles. The number of carboxylic acid groups (broad SMARTS) is 1. The van der Waals surface area contributed by atoms with Gasteiger partial charge in [0.05, 0.1) is 12.3 Å². The molecule has 0 spiro atoms. The largest absolute Gasteiger partial charge is 0.481 e. The lowest BCUT2D eigenvalue weighted by Gasteiger charge is -2.13. The van der Waals surface area contributed by atoms with Gasteiger partial charge in [-0.25, -0.2) is 4.98 Å². The van der Waals surface area contributed by atoms with Crippen LogP contribution in [0.3, 0.4) is 0 Å². The first-order valence-corrected chi connectivity index (χ1v) is 7.05. The summed E-state index contributed by atoms with van der Waals surface area (Å²) in [6.45, 7) is 2.34. The smallest absolute Gasteiger partial charge is 0.312 e. The first kappa shape index (κ1) is 15.3. The van der Waals surface area contributed by atoms with E-state index in [0.29, 0.717) is 29.6 Å². The second-order valence-corrected chi connectivity index (χ2v) is 5.00. The van der Waals surface area contributed by atoms with E-state index in [0.717, 1.165) is 5.56 Å². The number of benzene rings is 1. The quantitative estimate of drug-likeness (QED) is 0.886. The molecule has 0 aliphatic carbocycles. The minimum Gasteiger partial charge on any atom is -0.481 e. The molecule has 1 atom stereocenters. The Morgan fingerprint density at radius 2 is 2.10 bits per heavy atom. The number of nitrogens with zero attached hydrogens (tertiary/aromatic N) is 1. The molecule has 0 bridgehead atoms. The summed E-state index contributed by atoms with van der Waals surface area (Å²) in [5, 5.41) is 10.1. The molecule has 1 aromatic carbocycles. The van der Waals surface area contributed by atoms with E-state index in [9.17, 15) is 9.90 Å². The number of hydrogen-bond donors (Lipinski definition) is 1. The van der Waals surface area contributed by atoms with Gasteiger partial charge >= 0.3 is 5.97 Å². The fraction of sp³-hybridized carbons (Fsp3) is 0.250. The van der Waals surface area contributed by atoms with Crippen LogP contribution in [0.2, 0.25) is 5.02 Å². The van der Waals surface area contributed by atoms with E-state index in [4.69, 9.17) is 16.3 Å². The second kappa shape index (κ2) is 7.09. The van der Waals surface area contributed by atoms with Gasteiger partial charge in [0.1, 0.15) is 5.92 Å². The normalized spacial score (nSPS) is 11.9. The van der Waals surface area contributed by atoms with Crippen molar-refractivity contribution < 1.29 is 14.6 Å². The molecular formula is C16H16ClNO3. The summed E-state index contributed by atoms with van der Waals surface area (Å²) in [5.74, 6) is -1.22. The zero-order valence-corrected chi connectivity index (χ0v) is 12.4. The molecule has 1 aromatic heterocycles. The maximum atomic E-state index is 11.5. The van der Waals surface area contributed by atoms with Crippen molar-refractivity contribution in [1.29, 1.82) is 0 Å². The number of ether oxygens (including phenoxy) is 1. The summed E-state index contributed by atoms with van der Waals surface area (Å²) in [6, 6.07) is 12.4. The Bertz CT molecular complexity index is 630. The van der Waals surface area contributed by atoms with Crippen LogP contribution in [-0.4, -0.2) is 22.7 Å². The third-order valence-electron chi connectivity index (χ3n) is 3.02. The van der Waals surface area contributed by atoms with Gasteiger partial charge in [-0.3, -0.25) is 4.79 Å². The number of carbonyl (C=O) groups is 1. The van der Waals surface area contributed by atoms with E-state index in [1.54, 1.807) is 36.4 Å². The fourth-order valence-electron chi connectivity index (χ4n) is 2.07. The van der Waals surface area contributed by atoms with Crippen LogP contribution in [-0.2, 0) is 11.2 Å². The molecule has 0 aliphatic rings. The molecule has 5 heteroatoms. The molecule has 0 saturated carbocycles. The van der Waals surface area contributed by atoms with Gasteiger partial charge in [-0.2, -0.15) is 0 Å². The lowest BCUT2D eigenvalue weighted by Crippen LogP contribution is -2.16. The average molecular weight is 306 g/mol. The highest BCUT2D eigenvalue weighted by Gasteiger charge is 2.22. The molecule has 2 rings (SSSR count). The van der Waals surface area contributed by atoms with Crippen molar-refractivity contribution >= 4 is 17.6 Å². The van der Waals surface area contributed by atoms with Crippen molar-refractivity contribution in [3.05, 3.63) is 58.7 Å². The van der Waals surface area contributed by atoms with E-state index in [1.807, 2.05) is 13.0 Å². The molecule has 1 heterocycles. The molecule has 110 valence electrons. The van der Waals surface area contributed by atoms with Crippen LogP contribution in [0.4, 0.5) is 0 Å². The van der Waals surface area contributed by atoms with Crippen LogP contribution in [0.5, 0.6) is 5.88 Å². The maximum Gasteiger partial charge on any atom is 0.312 e. The highest BCUT2D eigenvalue weighted by Crippen LogP contribution is 2.23. The number of hydrogen-bond acceptors (Lipinski definition) is 3. The topological polar surface area (TPSA) is 59.4 Å². The van der Waals surface area contributed by atoms with Crippen molar-refractivity contribution in [3.63, 3.8) is 0 Å². The zero-order chi connectivity index (χ0) is 15.2. The Labute approximate surface area is 128 Å². The molecule has 2 aromatic rings. The fourth-order valence-corrected chi connectivity index (χ4v) is 2.28. The van der Waals surface area contributed by atoms with Crippen LogP contribution in [0.25, 0.3) is 0 Å². The van der Waals surface area contributed by atoms with Crippen molar-refractivity contribution in [2.75, 3.05) is 6.61 Å². The van der Waals surface area contributed by atoms with Crippen LogP contribution < -0.4 is 4.74 Å². The Hall–Kier alpha value is -2.07. The molecule has 0 saturated heterocycles. The van der Waals surface area contributed by atoms with Crippen LogP contribution in [0.1, 0.15) is 24.1 Å². The van der Waals surface area contributed by atoms with Crippen molar-refractivity contribution in [3.8, 4) is 5.88 Å². The van der Waals surface area contributed by atoms with Gasteiger partial charge in [0.2, 0.25) is 5.88 Å². The highest BCUT2D eigenvalue weighted by molar-refractivity contribution is 6.30. The molecule has 0 fully saturated rings. The van der Waals surface area contributed by atoms with Gasteiger partial charge in [0, 0.05) is 11.1 Å². The summed E-state index contributed by atoms with van der Waals surface area (Å²) in [4.78, 5) is 15.8. The predicted molar refractivity (Wildman–Crippen MR) is 80.9 cm³/mol. The Balaban J connectivity index is 2.26. The van der Waals surface area contributed by atoms with Crippen LogP contribution in [0.15, 0.2) is 42.5 Å². The molecule has 1 unspecified atom stereocenters. The van der Waals surface area contributed by atoms with Crippen LogP contribution >= 0.6 is 11.6 Å². The summed E-state index contributed by atoms with van der Waals surface area (Å²) in [6.07, 6.45) is 0.332. The van der Waals surface area contributed by atoms with Crippen LogP contribution in [0, 0.1) is 0 Å². The number of halogens is 1. The number of aromatic nitrogens is 1. The number of pyridine rings is 1.